The van der Waals surface area contributed by atoms with Gasteiger partial charge in [0.1, 0.15) is 5.54 Å². The van der Waals surface area contributed by atoms with E-state index in [1.54, 1.807) is 6.92 Å². The summed E-state index contributed by atoms with van der Waals surface area (Å²) in [5.41, 5.74) is -1.56. The average molecular weight is 287 g/mol. The molecule has 0 heterocycles. The van der Waals surface area contributed by atoms with E-state index in [-0.39, 0.29) is 12.2 Å². The highest BCUT2D eigenvalue weighted by Gasteiger charge is 2.39. The van der Waals surface area contributed by atoms with Crippen molar-refractivity contribution < 1.29 is 23.0 Å². The van der Waals surface area contributed by atoms with Gasteiger partial charge in [-0.25, -0.2) is 13.6 Å². The number of benzene rings is 1. The molecule has 0 aromatic heterocycles. The summed E-state index contributed by atoms with van der Waals surface area (Å²) in [7, 11) is 1.51. The standard InChI is InChI=1S/C14H19F2NO3/c1-4-20-13(18)14(2,17-8-9-19-3)10-6-5-7-11(15)12(10)16/h5-7,17H,4,8-9H2,1-3H3. The highest BCUT2D eigenvalue weighted by Crippen LogP contribution is 2.26. The van der Waals surface area contributed by atoms with E-state index >= 15 is 0 Å². The van der Waals surface area contributed by atoms with Gasteiger partial charge in [-0.05, 0) is 19.9 Å². The molecule has 1 N–H and O–H groups in total. The molecule has 1 rings (SSSR count). The van der Waals surface area contributed by atoms with Crippen molar-refractivity contribution in [3.63, 3.8) is 0 Å². The highest BCUT2D eigenvalue weighted by atomic mass is 19.2. The van der Waals surface area contributed by atoms with Crippen LogP contribution in [-0.4, -0.2) is 32.8 Å². The number of carbonyl (C=O) groups is 1. The lowest BCUT2D eigenvalue weighted by atomic mass is 9.91. The van der Waals surface area contributed by atoms with E-state index in [0.29, 0.717) is 13.2 Å². The predicted octanol–water partition coefficient (Wildman–Crippen LogP) is 1.98. The van der Waals surface area contributed by atoms with Crippen LogP contribution >= 0.6 is 0 Å². The number of esters is 1. The number of ether oxygens (including phenoxy) is 2. The van der Waals surface area contributed by atoms with Crippen molar-refractivity contribution in [3.8, 4) is 0 Å². The molecule has 1 unspecified atom stereocenters. The molecule has 4 nitrogen and oxygen atoms in total. The second kappa shape index (κ2) is 7.31. The molecule has 0 aliphatic heterocycles. The second-order valence-corrected chi connectivity index (χ2v) is 4.37. The Morgan fingerprint density at radius 2 is 2.10 bits per heavy atom. The number of hydrogen-bond acceptors (Lipinski definition) is 4. The fourth-order valence-electron chi connectivity index (χ4n) is 1.85. The first-order valence-electron chi connectivity index (χ1n) is 6.33. The van der Waals surface area contributed by atoms with Crippen molar-refractivity contribution in [2.75, 3.05) is 26.9 Å². The lowest BCUT2D eigenvalue weighted by Crippen LogP contribution is -2.49. The van der Waals surface area contributed by atoms with Crippen molar-refractivity contribution >= 4 is 5.97 Å². The van der Waals surface area contributed by atoms with Crippen LogP contribution in [0.1, 0.15) is 19.4 Å². The summed E-state index contributed by atoms with van der Waals surface area (Å²) >= 11 is 0. The molecule has 1 aromatic carbocycles. The monoisotopic (exact) mass is 287 g/mol. The van der Waals surface area contributed by atoms with Gasteiger partial charge in [0.05, 0.1) is 13.2 Å². The maximum absolute atomic E-state index is 14.0. The highest BCUT2D eigenvalue weighted by molar-refractivity contribution is 5.82. The van der Waals surface area contributed by atoms with Gasteiger partial charge in [0.15, 0.2) is 11.6 Å². The van der Waals surface area contributed by atoms with Gasteiger partial charge < -0.3 is 9.47 Å². The molecule has 0 fully saturated rings. The Hall–Kier alpha value is -1.53. The molecular formula is C14H19F2NO3. The normalized spacial score (nSPS) is 13.8. The Balaban J connectivity index is 3.15. The Bertz CT molecular complexity index is 468. The van der Waals surface area contributed by atoms with Gasteiger partial charge in [0.2, 0.25) is 0 Å². The number of nitrogens with one attached hydrogen (secondary N) is 1. The Morgan fingerprint density at radius 3 is 2.70 bits per heavy atom. The lowest BCUT2D eigenvalue weighted by molar-refractivity contribution is -0.151. The Labute approximate surface area is 117 Å². The van der Waals surface area contributed by atoms with Gasteiger partial charge >= 0.3 is 5.97 Å². The van der Waals surface area contributed by atoms with Gasteiger partial charge in [-0.3, -0.25) is 5.32 Å². The number of hydrogen-bond donors (Lipinski definition) is 1. The molecule has 20 heavy (non-hydrogen) atoms. The van der Waals surface area contributed by atoms with Crippen LogP contribution in [-0.2, 0) is 19.8 Å². The fraction of sp³-hybridized carbons (Fsp3) is 0.500. The minimum Gasteiger partial charge on any atom is -0.464 e. The van der Waals surface area contributed by atoms with Gasteiger partial charge in [-0.2, -0.15) is 0 Å². The van der Waals surface area contributed by atoms with E-state index in [1.165, 1.54) is 26.2 Å². The number of carbonyl (C=O) groups excluding carboxylic acids is 1. The van der Waals surface area contributed by atoms with Crippen molar-refractivity contribution in [1.29, 1.82) is 0 Å². The summed E-state index contributed by atoms with van der Waals surface area (Å²) < 4.78 is 37.2. The number of rotatable bonds is 7. The number of methoxy groups -OCH3 is 1. The molecule has 6 heteroatoms. The van der Waals surface area contributed by atoms with E-state index in [0.717, 1.165) is 6.07 Å². The first-order valence-corrected chi connectivity index (χ1v) is 6.33. The zero-order valence-electron chi connectivity index (χ0n) is 11.8. The van der Waals surface area contributed by atoms with E-state index in [2.05, 4.69) is 5.32 Å². The van der Waals surface area contributed by atoms with Gasteiger partial charge in [0.25, 0.3) is 0 Å². The minimum atomic E-state index is -1.47. The molecule has 0 amide bonds. The van der Waals surface area contributed by atoms with Crippen LogP contribution in [0, 0.1) is 11.6 Å². The Kier molecular flexibility index (Phi) is 6.04. The molecule has 0 aliphatic carbocycles. The summed E-state index contributed by atoms with van der Waals surface area (Å²) in [5.74, 6) is -2.74. The maximum atomic E-state index is 14.0. The SMILES string of the molecule is CCOC(=O)C(C)(NCCOC)c1cccc(F)c1F. The summed E-state index contributed by atoms with van der Waals surface area (Å²) in [6, 6.07) is 3.71. The molecule has 0 saturated carbocycles. The first-order chi connectivity index (χ1) is 9.47. The molecule has 0 saturated heterocycles. The van der Waals surface area contributed by atoms with Crippen molar-refractivity contribution in [3.05, 3.63) is 35.4 Å². The van der Waals surface area contributed by atoms with Crippen LogP contribution in [0.25, 0.3) is 0 Å². The van der Waals surface area contributed by atoms with E-state index in [4.69, 9.17) is 9.47 Å². The van der Waals surface area contributed by atoms with Crippen molar-refractivity contribution in [2.24, 2.45) is 0 Å². The van der Waals surface area contributed by atoms with Crippen LogP contribution in [0.2, 0.25) is 0 Å². The first kappa shape index (κ1) is 16.5. The largest absolute Gasteiger partial charge is 0.464 e. The van der Waals surface area contributed by atoms with Crippen molar-refractivity contribution in [1.82, 2.24) is 5.32 Å². The van der Waals surface area contributed by atoms with Crippen LogP contribution in [0.5, 0.6) is 0 Å². The van der Waals surface area contributed by atoms with Crippen LogP contribution < -0.4 is 5.32 Å². The van der Waals surface area contributed by atoms with Gasteiger partial charge in [0, 0.05) is 19.2 Å². The van der Waals surface area contributed by atoms with Crippen LogP contribution in [0.4, 0.5) is 8.78 Å². The third kappa shape index (κ3) is 3.52. The summed E-state index contributed by atoms with van der Waals surface area (Å²) in [5, 5.41) is 2.86. The Morgan fingerprint density at radius 1 is 1.40 bits per heavy atom. The second-order valence-electron chi connectivity index (χ2n) is 4.37. The van der Waals surface area contributed by atoms with Gasteiger partial charge in [-0.15, -0.1) is 0 Å². The third-order valence-corrected chi connectivity index (χ3v) is 2.96. The molecule has 0 aliphatic rings. The van der Waals surface area contributed by atoms with E-state index in [1.807, 2.05) is 0 Å². The topological polar surface area (TPSA) is 47.6 Å². The minimum absolute atomic E-state index is 0.0907. The average Bonchev–Trinajstić information content (AvgIpc) is 2.42. The molecule has 112 valence electrons. The molecular weight excluding hydrogens is 268 g/mol. The number of halogens is 2. The maximum Gasteiger partial charge on any atom is 0.330 e. The zero-order chi connectivity index (χ0) is 15.2. The fourth-order valence-corrected chi connectivity index (χ4v) is 1.85. The van der Waals surface area contributed by atoms with Crippen LogP contribution in [0.15, 0.2) is 18.2 Å². The molecule has 1 aromatic rings. The molecule has 0 spiro atoms. The third-order valence-electron chi connectivity index (χ3n) is 2.96. The summed E-state index contributed by atoms with van der Waals surface area (Å²) in [6.45, 7) is 3.87. The summed E-state index contributed by atoms with van der Waals surface area (Å²) in [6.07, 6.45) is 0. The van der Waals surface area contributed by atoms with E-state index < -0.39 is 23.1 Å². The van der Waals surface area contributed by atoms with Crippen LogP contribution in [0.3, 0.4) is 0 Å². The smallest absolute Gasteiger partial charge is 0.330 e. The summed E-state index contributed by atoms with van der Waals surface area (Å²) in [4.78, 5) is 12.1. The predicted molar refractivity (Wildman–Crippen MR) is 70.2 cm³/mol. The van der Waals surface area contributed by atoms with E-state index in [9.17, 15) is 13.6 Å². The zero-order valence-corrected chi connectivity index (χ0v) is 11.8. The van der Waals surface area contributed by atoms with Crippen molar-refractivity contribution in [2.45, 2.75) is 19.4 Å². The lowest BCUT2D eigenvalue weighted by Gasteiger charge is -2.29. The molecule has 0 bridgehead atoms. The molecule has 0 radical (unpaired) electrons. The van der Waals surface area contributed by atoms with Gasteiger partial charge in [-0.1, -0.05) is 12.1 Å². The quantitative estimate of drug-likeness (QED) is 0.615. The molecule has 1 atom stereocenters.